The van der Waals surface area contributed by atoms with Crippen molar-refractivity contribution in [3.63, 3.8) is 0 Å². The van der Waals surface area contributed by atoms with Crippen LogP contribution in [-0.2, 0) is 0 Å². The van der Waals surface area contributed by atoms with E-state index in [0.29, 0.717) is 0 Å². The van der Waals surface area contributed by atoms with Gasteiger partial charge in [-0.3, -0.25) is 4.98 Å². The van der Waals surface area contributed by atoms with Gasteiger partial charge in [0.15, 0.2) is 0 Å². The molecule has 0 fully saturated rings. The van der Waals surface area contributed by atoms with Crippen molar-refractivity contribution in [2.45, 2.75) is 13.0 Å². The topological polar surface area (TPSA) is 38.9 Å². The average molecular weight is 283 g/mol. The summed E-state index contributed by atoms with van der Waals surface area (Å²) in [4.78, 5) is 4.16. The maximum atomic E-state index is 6.18. The molecule has 78 valence electrons. The standard InChI is InChI=1S/C11H11BrN2S/c1-7-4-8(2-3-14-7)11(13)9-5-15-6-10(9)12/h2-6,11H,13H2,1H3. The van der Waals surface area contributed by atoms with Crippen molar-refractivity contribution in [2.75, 3.05) is 0 Å². The largest absolute Gasteiger partial charge is 0.320 e. The molecule has 1 unspecified atom stereocenters. The van der Waals surface area contributed by atoms with Crippen LogP contribution in [0.4, 0.5) is 0 Å². The van der Waals surface area contributed by atoms with Gasteiger partial charge in [0, 0.05) is 21.7 Å². The molecule has 0 radical (unpaired) electrons. The first-order valence-corrected chi connectivity index (χ1v) is 6.32. The molecule has 0 aliphatic heterocycles. The minimum Gasteiger partial charge on any atom is -0.320 e. The summed E-state index contributed by atoms with van der Waals surface area (Å²) >= 11 is 5.15. The molecular formula is C11H11BrN2S. The summed E-state index contributed by atoms with van der Waals surface area (Å²) in [6.07, 6.45) is 1.80. The molecule has 0 spiro atoms. The molecule has 4 heteroatoms. The lowest BCUT2D eigenvalue weighted by Crippen LogP contribution is -2.11. The molecule has 0 amide bonds. The second kappa shape index (κ2) is 4.43. The first kappa shape index (κ1) is 10.8. The zero-order chi connectivity index (χ0) is 10.8. The summed E-state index contributed by atoms with van der Waals surface area (Å²) in [5.41, 5.74) is 9.40. The number of pyridine rings is 1. The Morgan fingerprint density at radius 1 is 1.47 bits per heavy atom. The number of nitrogens with two attached hydrogens (primary N) is 1. The van der Waals surface area contributed by atoms with Crippen LogP contribution in [0.1, 0.15) is 22.9 Å². The van der Waals surface area contributed by atoms with Crippen molar-refractivity contribution in [1.29, 1.82) is 0 Å². The second-order valence-electron chi connectivity index (χ2n) is 3.38. The van der Waals surface area contributed by atoms with Crippen LogP contribution in [-0.4, -0.2) is 4.98 Å². The summed E-state index contributed by atoms with van der Waals surface area (Å²) in [7, 11) is 0. The summed E-state index contributed by atoms with van der Waals surface area (Å²) in [5.74, 6) is 0. The number of thiophene rings is 1. The lowest BCUT2D eigenvalue weighted by Gasteiger charge is -2.11. The van der Waals surface area contributed by atoms with E-state index < -0.39 is 0 Å². The van der Waals surface area contributed by atoms with Gasteiger partial charge in [0.05, 0.1) is 6.04 Å². The number of nitrogens with zero attached hydrogens (tertiary/aromatic N) is 1. The molecule has 2 heterocycles. The van der Waals surface area contributed by atoms with Crippen molar-refractivity contribution in [3.05, 3.63) is 50.4 Å². The Kier molecular flexibility index (Phi) is 3.19. The second-order valence-corrected chi connectivity index (χ2v) is 4.98. The Labute approximate surface area is 101 Å². The molecule has 15 heavy (non-hydrogen) atoms. The molecule has 2 N–H and O–H groups in total. The normalized spacial score (nSPS) is 12.7. The smallest absolute Gasteiger partial charge is 0.0572 e. The number of aryl methyl sites for hydroxylation is 1. The molecule has 1 atom stereocenters. The van der Waals surface area contributed by atoms with Gasteiger partial charge in [-0.25, -0.2) is 0 Å². The number of hydrogen-bond acceptors (Lipinski definition) is 3. The molecule has 2 rings (SSSR count). The van der Waals surface area contributed by atoms with Gasteiger partial charge in [0.1, 0.15) is 0 Å². The van der Waals surface area contributed by atoms with E-state index in [9.17, 15) is 0 Å². The maximum absolute atomic E-state index is 6.18. The van der Waals surface area contributed by atoms with E-state index >= 15 is 0 Å². The van der Waals surface area contributed by atoms with Crippen molar-refractivity contribution >= 4 is 27.3 Å². The first-order chi connectivity index (χ1) is 7.18. The fourth-order valence-electron chi connectivity index (χ4n) is 1.45. The molecule has 2 nitrogen and oxygen atoms in total. The van der Waals surface area contributed by atoms with Gasteiger partial charge in [-0.15, -0.1) is 0 Å². The van der Waals surface area contributed by atoms with E-state index in [1.807, 2.05) is 24.4 Å². The Balaban J connectivity index is 2.36. The van der Waals surface area contributed by atoms with E-state index in [4.69, 9.17) is 5.73 Å². The monoisotopic (exact) mass is 282 g/mol. The third-order valence-corrected chi connectivity index (χ3v) is 4.01. The van der Waals surface area contributed by atoms with Crippen molar-refractivity contribution in [2.24, 2.45) is 5.73 Å². The fraction of sp³-hybridized carbons (Fsp3) is 0.182. The van der Waals surface area contributed by atoms with Crippen molar-refractivity contribution < 1.29 is 0 Å². The quantitative estimate of drug-likeness (QED) is 0.918. The highest BCUT2D eigenvalue weighted by molar-refractivity contribution is 9.10. The van der Waals surface area contributed by atoms with Gasteiger partial charge in [-0.05, 0) is 51.5 Å². The van der Waals surface area contributed by atoms with Crippen LogP contribution in [0.3, 0.4) is 0 Å². The minimum atomic E-state index is -0.0766. The van der Waals surface area contributed by atoms with Gasteiger partial charge >= 0.3 is 0 Å². The fourth-order valence-corrected chi connectivity index (χ4v) is 3.03. The number of rotatable bonds is 2. The zero-order valence-corrected chi connectivity index (χ0v) is 10.7. The molecule has 2 aromatic heterocycles. The Hall–Kier alpha value is -0.710. The van der Waals surface area contributed by atoms with E-state index in [1.54, 1.807) is 17.5 Å². The van der Waals surface area contributed by atoms with Gasteiger partial charge in [0.25, 0.3) is 0 Å². The highest BCUT2D eigenvalue weighted by Gasteiger charge is 2.12. The lowest BCUT2D eigenvalue weighted by molar-refractivity contribution is 0.864. The van der Waals surface area contributed by atoms with Crippen LogP contribution in [0.5, 0.6) is 0 Å². The van der Waals surface area contributed by atoms with E-state index in [1.165, 1.54) is 0 Å². The van der Waals surface area contributed by atoms with Crippen LogP contribution >= 0.6 is 27.3 Å². The van der Waals surface area contributed by atoms with Gasteiger partial charge in [-0.2, -0.15) is 11.3 Å². The summed E-state index contributed by atoms with van der Waals surface area (Å²) in [6, 6.07) is 3.91. The predicted octanol–water partition coefficient (Wildman–Crippen LogP) is 3.26. The minimum absolute atomic E-state index is 0.0766. The Bertz CT molecular complexity index is 467. The molecule has 0 bridgehead atoms. The number of aromatic nitrogens is 1. The van der Waals surface area contributed by atoms with E-state index in [2.05, 4.69) is 26.3 Å². The van der Waals surface area contributed by atoms with Crippen molar-refractivity contribution in [1.82, 2.24) is 4.98 Å². The molecule has 2 aromatic rings. The SMILES string of the molecule is Cc1cc(C(N)c2cscc2Br)ccn1. The highest BCUT2D eigenvalue weighted by atomic mass is 79.9. The summed E-state index contributed by atoms with van der Waals surface area (Å²) in [5, 5.41) is 4.12. The van der Waals surface area contributed by atoms with Gasteiger partial charge < -0.3 is 5.73 Å². The van der Waals surface area contributed by atoms with E-state index in [0.717, 1.165) is 21.3 Å². The Morgan fingerprint density at radius 2 is 2.27 bits per heavy atom. The third-order valence-electron chi connectivity index (χ3n) is 2.26. The van der Waals surface area contributed by atoms with E-state index in [-0.39, 0.29) is 6.04 Å². The average Bonchev–Trinajstić information content (AvgIpc) is 2.63. The summed E-state index contributed by atoms with van der Waals surface area (Å²) < 4.78 is 1.08. The van der Waals surface area contributed by atoms with Gasteiger partial charge in [-0.1, -0.05) is 0 Å². The number of hydrogen-bond donors (Lipinski definition) is 1. The molecule has 0 aromatic carbocycles. The molecular weight excluding hydrogens is 272 g/mol. The third kappa shape index (κ3) is 2.27. The molecule has 0 saturated carbocycles. The van der Waals surface area contributed by atoms with Crippen LogP contribution in [0, 0.1) is 6.92 Å². The van der Waals surface area contributed by atoms with Gasteiger partial charge in [0.2, 0.25) is 0 Å². The highest BCUT2D eigenvalue weighted by Crippen LogP contribution is 2.29. The summed E-state index contributed by atoms with van der Waals surface area (Å²) in [6.45, 7) is 1.97. The van der Waals surface area contributed by atoms with Crippen LogP contribution < -0.4 is 5.73 Å². The molecule has 0 aliphatic rings. The Morgan fingerprint density at radius 3 is 2.87 bits per heavy atom. The predicted molar refractivity (Wildman–Crippen MR) is 67.0 cm³/mol. The lowest BCUT2D eigenvalue weighted by atomic mass is 10.0. The first-order valence-electron chi connectivity index (χ1n) is 4.58. The zero-order valence-electron chi connectivity index (χ0n) is 8.27. The molecule has 0 aliphatic carbocycles. The van der Waals surface area contributed by atoms with Crippen molar-refractivity contribution in [3.8, 4) is 0 Å². The van der Waals surface area contributed by atoms with Crippen LogP contribution in [0.25, 0.3) is 0 Å². The maximum Gasteiger partial charge on any atom is 0.0572 e. The number of halogens is 1. The van der Waals surface area contributed by atoms with Crippen LogP contribution in [0.2, 0.25) is 0 Å². The molecule has 0 saturated heterocycles. The van der Waals surface area contributed by atoms with Crippen LogP contribution in [0.15, 0.2) is 33.6 Å².